The average molecular weight is 367 g/mol. The van der Waals surface area contributed by atoms with Gasteiger partial charge >= 0.3 is 0 Å². The third kappa shape index (κ3) is 4.08. The lowest BCUT2D eigenvalue weighted by Gasteiger charge is -2.36. The monoisotopic (exact) mass is 366 g/mol. The largest absolute Gasteiger partial charge is 0.353 e. The predicted molar refractivity (Wildman–Crippen MR) is 83.0 cm³/mol. The molecule has 1 aliphatic rings. The fourth-order valence-electron chi connectivity index (χ4n) is 2.38. The minimum Gasteiger partial charge on any atom is -0.353 e. The Morgan fingerprint density at radius 1 is 1.33 bits per heavy atom. The van der Waals surface area contributed by atoms with Gasteiger partial charge in [0.2, 0.25) is 6.30 Å². The lowest BCUT2D eigenvalue weighted by atomic mass is 10.2. The van der Waals surface area contributed by atoms with Crippen LogP contribution in [0.4, 0.5) is 19.0 Å². The van der Waals surface area contributed by atoms with Crippen LogP contribution in [0.5, 0.6) is 0 Å². The maximum absolute atomic E-state index is 13.3. The molecule has 1 atom stereocenters. The first kappa shape index (κ1) is 18.8. The number of hydrogen-bond donors (Lipinski definition) is 0. The van der Waals surface area contributed by atoms with Gasteiger partial charge in [0, 0.05) is 39.4 Å². The van der Waals surface area contributed by atoms with Gasteiger partial charge in [0.1, 0.15) is 5.82 Å². The van der Waals surface area contributed by atoms with Crippen LogP contribution in [0.2, 0.25) is 5.02 Å². The molecule has 1 saturated heterocycles. The second-order valence-electron chi connectivity index (χ2n) is 5.24. The normalized spacial score (nSPS) is 17.2. The van der Waals surface area contributed by atoms with E-state index in [2.05, 4.69) is 4.98 Å². The SMILES string of the molecule is CON(C)C(=O)c1cnc(N2CCN(C(F)C(F)F)CC2)c(Cl)c1. The van der Waals surface area contributed by atoms with Crippen molar-refractivity contribution in [1.82, 2.24) is 14.9 Å². The number of rotatable bonds is 5. The van der Waals surface area contributed by atoms with Gasteiger partial charge in [0.15, 0.2) is 0 Å². The molecular formula is C14H18ClF3N4O2. The summed E-state index contributed by atoms with van der Waals surface area (Å²) in [5.74, 6) is 0.0286. The second kappa shape index (κ2) is 8.00. The molecule has 0 bridgehead atoms. The highest BCUT2D eigenvalue weighted by Crippen LogP contribution is 2.26. The van der Waals surface area contributed by atoms with Crippen molar-refractivity contribution in [1.29, 1.82) is 0 Å². The number of aromatic nitrogens is 1. The van der Waals surface area contributed by atoms with Gasteiger partial charge < -0.3 is 4.90 Å². The highest BCUT2D eigenvalue weighted by molar-refractivity contribution is 6.33. The molecule has 24 heavy (non-hydrogen) atoms. The van der Waals surface area contributed by atoms with Crippen LogP contribution in [0.15, 0.2) is 12.3 Å². The molecule has 1 amide bonds. The Balaban J connectivity index is 2.05. The van der Waals surface area contributed by atoms with Gasteiger partial charge in [0.05, 0.1) is 17.7 Å². The summed E-state index contributed by atoms with van der Waals surface area (Å²) < 4.78 is 38.1. The molecule has 0 spiro atoms. The number of pyridine rings is 1. The van der Waals surface area contributed by atoms with Crippen molar-refractivity contribution >= 4 is 23.3 Å². The van der Waals surface area contributed by atoms with Crippen LogP contribution in [0.3, 0.4) is 0 Å². The zero-order valence-corrected chi connectivity index (χ0v) is 14.0. The lowest BCUT2D eigenvalue weighted by molar-refractivity contribution is -0.0757. The number of hydrogen-bond acceptors (Lipinski definition) is 5. The van der Waals surface area contributed by atoms with E-state index in [4.69, 9.17) is 16.4 Å². The Morgan fingerprint density at radius 2 is 1.96 bits per heavy atom. The summed E-state index contributed by atoms with van der Waals surface area (Å²) in [5, 5.41) is 1.29. The highest BCUT2D eigenvalue weighted by Gasteiger charge is 2.30. The quantitative estimate of drug-likeness (QED) is 0.589. The molecule has 0 aliphatic carbocycles. The Bertz CT molecular complexity index is 585. The number of alkyl halides is 3. The van der Waals surface area contributed by atoms with Crippen LogP contribution in [-0.4, -0.2) is 73.9 Å². The number of anilines is 1. The van der Waals surface area contributed by atoms with Gasteiger partial charge in [-0.15, -0.1) is 0 Å². The first-order chi connectivity index (χ1) is 11.3. The summed E-state index contributed by atoms with van der Waals surface area (Å²) >= 11 is 6.18. The van der Waals surface area contributed by atoms with Gasteiger partial charge in [-0.3, -0.25) is 14.5 Å². The van der Waals surface area contributed by atoms with E-state index < -0.39 is 18.6 Å². The molecule has 1 aromatic rings. The lowest BCUT2D eigenvalue weighted by Crippen LogP contribution is -2.51. The predicted octanol–water partition coefficient (Wildman–Crippen LogP) is 2.05. The molecule has 6 nitrogen and oxygen atoms in total. The minimum absolute atomic E-state index is 0.136. The molecule has 2 heterocycles. The Hall–Kier alpha value is -1.58. The number of nitrogens with zero attached hydrogens (tertiary/aromatic N) is 4. The summed E-state index contributed by atoms with van der Waals surface area (Å²) in [5.41, 5.74) is 0.258. The third-order valence-corrected chi connectivity index (χ3v) is 4.08. The first-order valence-corrected chi connectivity index (χ1v) is 7.62. The third-order valence-electron chi connectivity index (χ3n) is 3.80. The van der Waals surface area contributed by atoms with Gasteiger partial charge in [-0.1, -0.05) is 11.6 Å². The fourth-order valence-corrected chi connectivity index (χ4v) is 2.67. The van der Waals surface area contributed by atoms with Gasteiger partial charge in [-0.25, -0.2) is 23.2 Å². The summed E-state index contributed by atoms with van der Waals surface area (Å²) in [6, 6.07) is 1.46. The zero-order chi connectivity index (χ0) is 17.9. The zero-order valence-electron chi connectivity index (χ0n) is 13.3. The van der Waals surface area contributed by atoms with Crippen LogP contribution < -0.4 is 4.90 Å². The van der Waals surface area contributed by atoms with Crippen LogP contribution in [0, 0.1) is 0 Å². The number of piperazine rings is 1. The van der Waals surface area contributed by atoms with Crippen molar-refractivity contribution in [2.45, 2.75) is 12.7 Å². The van der Waals surface area contributed by atoms with E-state index in [1.807, 2.05) is 0 Å². The molecule has 0 saturated carbocycles. The molecule has 1 unspecified atom stereocenters. The molecular weight excluding hydrogens is 349 g/mol. The van der Waals surface area contributed by atoms with Gasteiger partial charge in [-0.2, -0.15) is 0 Å². The van der Waals surface area contributed by atoms with E-state index >= 15 is 0 Å². The van der Waals surface area contributed by atoms with E-state index in [9.17, 15) is 18.0 Å². The first-order valence-electron chi connectivity index (χ1n) is 7.24. The van der Waals surface area contributed by atoms with Crippen LogP contribution in [0.25, 0.3) is 0 Å². The second-order valence-corrected chi connectivity index (χ2v) is 5.65. The fraction of sp³-hybridized carbons (Fsp3) is 0.571. The van der Waals surface area contributed by atoms with E-state index in [1.54, 1.807) is 4.90 Å². The van der Waals surface area contributed by atoms with Gasteiger partial charge in [0.25, 0.3) is 12.3 Å². The smallest absolute Gasteiger partial charge is 0.282 e. The molecule has 0 N–H and O–H groups in total. The molecule has 0 aromatic carbocycles. The number of hydroxylamine groups is 2. The van der Waals surface area contributed by atoms with E-state index in [0.717, 1.165) is 9.96 Å². The number of amides is 1. The molecule has 134 valence electrons. The van der Waals surface area contributed by atoms with Crippen molar-refractivity contribution in [3.63, 3.8) is 0 Å². The summed E-state index contributed by atoms with van der Waals surface area (Å²) in [6.45, 7) is 0.892. The molecule has 1 fully saturated rings. The highest BCUT2D eigenvalue weighted by atomic mass is 35.5. The van der Waals surface area contributed by atoms with Crippen molar-refractivity contribution in [2.75, 3.05) is 45.2 Å². The topological polar surface area (TPSA) is 48.9 Å². The standard InChI is InChI=1S/C14H18ClF3N4O2/c1-20(24-2)14(23)9-7-10(15)13(19-8-9)22-5-3-21(4-6-22)12(18)11(16)17/h7-8,11-12H,3-6H2,1-2H3. The maximum Gasteiger partial charge on any atom is 0.282 e. The number of carbonyl (C=O) groups is 1. The van der Waals surface area contributed by atoms with E-state index in [1.165, 1.54) is 26.4 Å². The number of halogens is 4. The summed E-state index contributed by atoms with van der Waals surface area (Å²) in [6.07, 6.45) is -3.93. The molecule has 1 aromatic heterocycles. The number of carbonyl (C=O) groups excluding carboxylic acids is 1. The average Bonchev–Trinajstić information content (AvgIpc) is 2.59. The van der Waals surface area contributed by atoms with E-state index in [-0.39, 0.29) is 23.7 Å². The van der Waals surface area contributed by atoms with Crippen molar-refractivity contribution in [3.05, 3.63) is 22.8 Å². The Labute approximate surface area is 142 Å². The summed E-state index contributed by atoms with van der Waals surface area (Å²) in [4.78, 5) is 23.8. The van der Waals surface area contributed by atoms with E-state index in [0.29, 0.717) is 18.9 Å². The van der Waals surface area contributed by atoms with Crippen LogP contribution in [-0.2, 0) is 4.84 Å². The maximum atomic E-state index is 13.3. The Morgan fingerprint density at radius 3 is 2.46 bits per heavy atom. The molecule has 0 radical (unpaired) electrons. The molecule has 1 aliphatic heterocycles. The van der Waals surface area contributed by atoms with Crippen LogP contribution >= 0.6 is 11.6 Å². The van der Waals surface area contributed by atoms with Crippen molar-refractivity contribution in [2.24, 2.45) is 0 Å². The van der Waals surface area contributed by atoms with Crippen LogP contribution in [0.1, 0.15) is 10.4 Å². The van der Waals surface area contributed by atoms with Crippen molar-refractivity contribution in [3.8, 4) is 0 Å². The molecule has 10 heteroatoms. The minimum atomic E-state index is -3.03. The molecule has 2 rings (SSSR count). The summed E-state index contributed by atoms with van der Waals surface area (Å²) in [7, 11) is 2.82. The van der Waals surface area contributed by atoms with Gasteiger partial charge in [-0.05, 0) is 6.07 Å². The Kier molecular flexibility index (Phi) is 6.25. The van der Waals surface area contributed by atoms with Crippen molar-refractivity contribution < 1.29 is 22.8 Å².